The van der Waals surface area contributed by atoms with Gasteiger partial charge in [0.15, 0.2) is 0 Å². The fourth-order valence-electron chi connectivity index (χ4n) is 4.67. The zero-order valence-corrected chi connectivity index (χ0v) is 21.0. The number of methoxy groups -OCH3 is 1. The average molecular weight is 495 g/mol. The molecule has 0 amide bonds. The van der Waals surface area contributed by atoms with Crippen molar-refractivity contribution in [1.29, 1.82) is 0 Å². The molecule has 1 fully saturated rings. The number of anilines is 1. The molecular weight excluding hydrogens is 464 g/mol. The lowest BCUT2D eigenvalue weighted by molar-refractivity contribution is 0.0594. The molecule has 9 heteroatoms. The van der Waals surface area contributed by atoms with E-state index in [0.717, 1.165) is 46.1 Å². The van der Waals surface area contributed by atoms with Gasteiger partial charge >= 0.3 is 5.97 Å². The molecule has 0 saturated heterocycles. The van der Waals surface area contributed by atoms with Gasteiger partial charge in [-0.05, 0) is 67.0 Å². The first-order valence-electron chi connectivity index (χ1n) is 12.0. The minimum Gasteiger partial charge on any atom is -0.464 e. The molecule has 1 atom stereocenters. The summed E-state index contributed by atoms with van der Waals surface area (Å²) in [5, 5.41) is 5.05. The summed E-state index contributed by atoms with van der Waals surface area (Å²) in [6, 6.07) is 7.46. The Bertz CT molecular complexity index is 1380. The van der Waals surface area contributed by atoms with Gasteiger partial charge in [-0.3, -0.25) is 4.98 Å². The summed E-state index contributed by atoms with van der Waals surface area (Å²) in [6.45, 7) is 4.36. The third kappa shape index (κ3) is 4.88. The number of ether oxygens (including phenoxy) is 1. The summed E-state index contributed by atoms with van der Waals surface area (Å²) in [6.07, 6.45) is 6.88. The molecule has 0 aliphatic heterocycles. The number of nitrogens with zero attached hydrogens (tertiary/aromatic N) is 2. The summed E-state index contributed by atoms with van der Waals surface area (Å²) in [5.74, 6) is 0.146. The monoisotopic (exact) mass is 494 g/mol. The van der Waals surface area contributed by atoms with Gasteiger partial charge in [0.05, 0.1) is 23.9 Å². The van der Waals surface area contributed by atoms with Crippen LogP contribution in [0.3, 0.4) is 0 Å². The number of nitrogens with one attached hydrogen (secondary N) is 2. The topological polar surface area (TPSA) is 110 Å². The van der Waals surface area contributed by atoms with Gasteiger partial charge in [-0.2, -0.15) is 0 Å². The molecular formula is C26H30N4O4S. The molecule has 0 spiro atoms. The van der Waals surface area contributed by atoms with E-state index in [2.05, 4.69) is 26.1 Å². The number of rotatable bonds is 8. The van der Waals surface area contributed by atoms with Crippen LogP contribution in [0.1, 0.15) is 59.9 Å². The van der Waals surface area contributed by atoms with Crippen molar-refractivity contribution in [2.75, 3.05) is 19.0 Å². The Kier molecular flexibility index (Phi) is 6.23. The Hall–Kier alpha value is -3.04. The third-order valence-electron chi connectivity index (χ3n) is 6.58. The van der Waals surface area contributed by atoms with Crippen molar-refractivity contribution < 1.29 is 17.9 Å². The Morgan fingerprint density at radius 3 is 2.60 bits per heavy atom. The predicted molar refractivity (Wildman–Crippen MR) is 134 cm³/mol. The van der Waals surface area contributed by atoms with Gasteiger partial charge in [-0.25, -0.2) is 22.9 Å². The van der Waals surface area contributed by atoms with E-state index in [4.69, 9.17) is 4.74 Å². The van der Waals surface area contributed by atoms with E-state index < -0.39 is 16.0 Å². The number of aromatic nitrogens is 2. The SMILES string of the molecule is COC(=O)c1ccc(NC2Cc3cc4cnc(C5CC5)cc4c(S(=O)(=O)NCC(C)C)c3C2)cn1. The molecule has 2 N–H and O–H groups in total. The van der Waals surface area contributed by atoms with E-state index in [0.29, 0.717) is 30.2 Å². The molecule has 0 radical (unpaired) electrons. The van der Waals surface area contributed by atoms with Gasteiger partial charge in [-0.15, -0.1) is 0 Å². The van der Waals surface area contributed by atoms with E-state index in [-0.39, 0.29) is 17.7 Å². The normalized spacial score (nSPS) is 17.5. The summed E-state index contributed by atoms with van der Waals surface area (Å²) in [7, 11) is -2.39. The van der Waals surface area contributed by atoms with Crippen LogP contribution in [0.4, 0.5) is 5.69 Å². The van der Waals surface area contributed by atoms with Crippen LogP contribution in [-0.2, 0) is 27.6 Å². The van der Waals surface area contributed by atoms with Crippen molar-refractivity contribution in [2.45, 2.75) is 56.4 Å². The van der Waals surface area contributed by atoms with Crippen molar-refractivity contribution in [1.82, 2.24) is 14.7 Å². The number of fused-ring (bicyclic) bond motifs is 2. The second-order valence-electron chi connectivity index (χ2n) is 9.87. The summed E-state index contributed by atoms with van der Waals surface area (Å²) in [5.41, 5.74) is 3.85. The highest BCUT2D eigenvalue weighted by Gasteiger charge is 2.32. The standard InChI is InChI=1S/C26H30N4O4S/c1-15(2)12-29-35(32,33)25-21-10-20(30-19-6-7-23(28-14-19)26(31)34-3)9-17(21)8-18-13-27-24(11-22(18)25)16-4-5-16/h6-8,11,13-16,20,29-30H,4-5,9-10,12H2,1-3H3. The zero-order valence-electron chi connectivity index (χ0n) is 20.2. The molecule has 5 rings (SSSR count). The second-order valence-corrected chi connectivity index (χ2v) is 11.6. The number of hydrogen-bond acceptors (Lipinski definition) is 7. The third-order valence-corrected chi connectivity index (χ3v) is 8.13. The number of pyridine rings is 2. The van der Waals surface area contributed by atoms with Gasteiger partial charge in [0, 0.05) is 41.2 Å². The molecule has 1 aromatic carbocycles. The van der Waals surface area contributed by atoms with Gasteiger partial charge in [0.25, 0.3) is 0 Å². The molecule has 3 aromatic rings. The first kappa shape index (κ1) is 23.7. The van der Waals surface area contributed by atoms with E-state index in [1.807, 2.05) is 26.1 Å². The molecule has 1 saturated carbocycles. The van der Waals surface area contributed by atoms with Crippen molar-refractivity contribution >= 4 is 32.5 Å². The van der Waals surface area contributed by atoms with Crippen molar-refractivity contribution in [3.05, 3.63) is 59.2 Å². The molecule has 0 bridgehead atoms. The minimum atomic E-state index is -3.71. The van der Waals surface area contributed by atoms with Crippen LogP contribution in [0.25, 0.3) is 10.8 Å². The van der Waals surface area contributed by atoms with Crippen molar-refractivity contribution in [3.8, 4) is 0 Å². The molecule has 2 aliphatic rings. The number of esters is 1. The molecule has 2 heterocycles. The van der Waals surface area contributed by atoms with Gasteiger partial charge < -0.3 is 10.1 Å². The predicted octanol–water partition coefficient (Wildman–Crippen LogP) is 3.81. The quantitative estimate of drug-likeness (QED) is 0.458. The van der Waals surface area contributed by atoms with Gasteiger partial charge in [-0.1, -0.05) is 13.8 Å². The maximum absolute atomic E-state index is 13.6. The van der Waals surface area contributed by atoms with Crippen LogP contribution in [0.5, 0.6) is 0 Å². The Morgan fingerprint density at radius 1 is 1.14 bits per heavy atom. The maximum Gasteiger partial charge on any atom is 0.356 e. The molecule has 35 heavy (non-hydrogen) atoms. The Labute approximate surface area is 205 Å². The van der Waals surface area contributed by atoms with E-state index in [1.54, 1.807) is 18.3 Å². The highest BCUT2D eigenvalue weighted by Crippen LogP contribution is 2.42. The minimum absolute atomic E-state index is 0.00231. The largest absolute Gasteiger partial charge is 0.464 e. The van der Waals surface area contributed by atoms with E-state index in [1.165, 1.54) is 7.11 Å². The average Bonchev–Trinajstić information content (AvgIpc) is 3.61. The molecule has 184 valence electrons. The second kappa shape index (κ2) is 9.20. The number of sulfonamides is 1. The van der Waals surface area contributed by atoms with Gasteiger partial charge in [0.2, 0.25) is 10.0 Å². The Balaban J connectivity index is 1.50. The number of carbonyl (C=O) groups excluding carboxylic acids is 1. The first-order chi connectivity index (χ1) is 16.7. The van der Waals surface area contributed by atoms with Crippen molar-refractivity contribution in [3.63, 3.8) is 0 Å². The number of hydrogen-bond donors (Lipinski definition) is 2. The summed E-state index contributed by atoms with van der Waals surface area (Å²) < 4.78 is 34.7. The first-order valence-corrected chi connectivity index (χ1v) is 13.5. The van der Waals surface area contributed by atoms with Crippen LogP contribution in [0.15, 0.2) is 41.6 Å². The van der Waals surface area contributed by atoms with Crippen molar-refractivity contribution in [2.24, 2.45) is 5.92 Å². The fraction of sp³-hybridized carbons (Fsp3) is 0.423. The van der Waals surface area contributed by atoms with E-state index in [9.17, 15) is 13.2 Å². The summed E-state index contributed by atoms with van der Waals surface area (Å²) >= 11 is 0. The van der Waals surface area contributed by atoms with Crippen LogP contribution < -0.4 is 10.0 Å². The molecule has 2 aromatic heterocycles. The highest BCUT2D eigenvalue weighted by molar-refractivity contribution is 7.89. The molecule has 1 unspecified atom stereocenters. The van der Waals surface area contributed by atoms with Crippen LogP contribution in [0.2, 0.25) is 0 Å². The number of benzene rings is 1. The van der Waals surface area contributed by atoms with Crippen LogP contribution in [0, 0.1) is 5.92 Å². The number of carbonyl (C=O) groups is 1. The molecule has 2 aliphatic carbocycles. The Morgan fingerprint density at radius 2 is 1.94 bits per heavy atom. The van der Waals surface area contributed by atoms with Crippen LogP contribution >= 0.6 is 0 Å². The van der Waals surface area contributed by atoms with Gasteiger partial charge in [0.1, 0.15) is 5.69 Å². The summed E-state index contributed by atoms with van der Waals surface area (Å²) in [4.78, 5) is 20.8. The fourth-order valence-corrected chi connectivity index (χ4v) is 6.37. The maximum atomic E-state index is 13.6. The van der Waals surface area contributed by atoms with E-state index >= 15 is 0 Å². The lowest BCUT2D eigenvalue weighted by atomic mass is 10.0. The molecule has 8 nitrogen and oxygen atoms in total. The lowest BCUT2D eigenvalue weighted by Gasteiger charge is -2.16. The lowest BCUT2D eigenvalue weighted by Crippen LogP contribution is -2.29. The van der Waals surface area contributed by atoms with Crippen LogP contribution in [-0.4, -0.2) is 44.1 Å². The smallest absolute Gasteiger partial charge is 0.356 e. The zero-order chi connectivity index (χ0) is 24.7. The highest BCUT2D eigenvalue weighted by atomic mass is 32.2.